The molecule has 0 aromatic carbocycles. The molecule has 1 rings (SSSR count). The molecule has 0 spiro atoms. The number of pyridine rings is 1. The van der Waals surface area contributed by atoms with E-state index < -0.39 is 0 Å². The van der Waals surface area contributed by atoms with Gasteiger partial charge in [-0.2, -0.15) is 2.78 Å². The predicted molar refractivity (Wildman–Crippen MR) is 55.8 cm³/mol. The van der Waals surface area contributed by atoms with Crippen molar-refractivity contribution in [2.75, 3.05) is 4.43 Å². The van der Waals surface area contributed by atoms with Crippen LogP contribution in [0.5, 0.6) is 0 Å². The Hall–Kier alpha value is -0.120. The molecule has 2 heteroatoms. The van der Waals surface area contributed by atoms with E-state index in [1.807, 2.05) is 0 Å². The van der Waals surface area contributed by atoms with Crippen molar-refractivity contribution in [2.24, 2.45) is 0 Å². The smallest absolute Gasteiger partial charge is 0.156 e. The summed E-state index contributed by atoms with van der Waals surface area (Å²) in [5, 5.41) is 0. The van der Waals surface area contributed by atoms with Crippen LogP contribution >= 0.6 is 21.5 Å². The highest BCUT2D eigenvalue weighted by atomic mass is 127. The number of hydrogen-bond donors (Lipinski definition) is 0. The molecular formula is C9H14IN+. The Balaban J connectivity index is 2.28. The molecular weight excluding hydrogens is 249 g/mol. The first-order valence-corrected chi connectivity index (χ1v) is 6.48. The Bertz CT molecular complexity index is 186. The normalized spacial score (nSPS) is 9.91. The van der Waals surface area contributed by atoms with Crippen LogP contribution in [0.1, 0.15) is 19.8 Å². The topological polar surface area (TPSA) is 3.88 Å². The van der Waals surface area contributed by atoms with Crippen LogP contribution in [0.3, 0.4) is 0 Å². The van der Waals surface area contributed by atoms with E-state index in [4.69, 9.17) is 0 Å². The van der Waals surface area contributed by atoms with Gasteiger partial charge in [0.1, 0.15) is 0 Å². The summed E-state index contributed by atoms with van der Waals surface area (Å²) in [6.45, 7) is 2.25. The molecule has 0 bridgehead atoms. The highest BCUT2D eigenvalue weighted by Crippen LogP contribution is 2.06. The van der Waals surface area contributed by atoms with Crippen LogP contribution < -0.4 is 2.78 Å². The van der Waals surface area contributed by atoms with Gasteiger partial charge in [0, 0.05) is 12.1 Å². The number of nitrogens with zero attached hydrogens (tertiary/aromatic N) is 1. The number of aromatic nitrogens is 1. The maximum absolute atomic E-state index is 2.34. The molecule has 0 aliphatic carbocycles. The summed E-state index contributed by atoms with van der Waals surface area (Å²) in [6, 6.07) is 6.28. The van der Waals surface area contributed by atoms with E-state index in [0.717, 1.165) is 0 Å². The summed E-state index contributed by atoms with van der Waals surface area (Å²) in [5.41, 5.74) is 0. The predicted octanol–water partition coefficient (Wildman–Crippen LogP) is 2.51. The zero-order valence-electron chi connectivity index (χ0n) is 6.83. The SMILES string of the molecule is CCCC[I][n+]1ccccc1. The van der Waals surface area contributed by atoms with Crippen molar-refractivity contribution in [3.05, 3.63) is 30.6 Å². The lowest BCUT2D eigenvalue weighted by Gasteiger charge is -1.90. The first-order valence-electron chi connectivity index (χ1n) is 3.99. The zero-order valence-corrected chi connectivity index (χ0v) is 8.99. The van der Waals surface area contributed by atoms with Gasteiger partial charge in [0.2, 0.25) is 21.5 Å². The van der Waals surface area contributed by atoms with Crippen LogP contribution in [0.15, 0.2) is 30.6 Å². The Morgan fingerprint density at radius 1 is 1.18 bits per heavy atom. The molecule has 0 fully saturated rings. The number of halogens is 1. The summed E-state index contributed by atoms with van der Waals surface area (Å²) < 4.78 is 3.75. The Morgan fingerprint density at radius 3 is 2.55 bits per heavy atom. The second-order valence-corrected chi connectivity index (χ2v) is 5.26. The summed E-state index contributed by atoms with van der Waals surface area (Å²) in [6.07, 6.45) is 7.05. The summed E-state index contributed by atoms with van der Waals surface area (Å²) in [5.74, 6) is 0. The molecule has 0 saturated carbocycles. The van der Waals surface area contributed by atoms with Gasteiger partial charge in [0.25, 0.3) is 0 Å². The fourth-order valence-corrected chi connectivity index (χ4v) is 3.24. The minimum Gasteiger partial charge on any atom is -0.156 e. The summed E-state index contributed by atoms with van der Waals surface area (Å²) in [4.78, 5) is 0. The van der Waals surface area contributed by atoms with Crippen LogP contribution in [0.25, 0.3) is 0 Å². The molecule has 1 nitrogen and oxygen atoms in total. The van der Waals surface area contributed by atoms with Crippen LogP contribution in [0.2, 0.25) is 0 Å². The van der Waals surface area contributed by atoms with E-state index in [9.17, 15) is 0 Å². The molecule has 1 heterocycles. The lowest BCUT2D eigenvalue weighted by Crippen LogP contribution is -2.20. The highest BCUT2D eigenvalue weighted by Gasteiger charge is 1.98. The second kappa shape index (κ2) is 5.52. The standard InChI is InChI=1S/C9H14IN/c1-2-3-7-10-11-8-5-4-6-9-11/h4-6,8-9H,2-3,7H2,1H3/q+1. The van der Waals surface area contributed by atoms with E-state index in [1.165, 1.54) is 17.3 Å². The number of rotatable bonds is 4. The molecule has 61 valence electrons. The average molecular weight is 263 g/mol. The maximum Gasteiger partial charge on any atom is 0.210 e. The quantitative estimate of drug-likeness (QED) is 0.446. The Labute approximate surface area is 79.1 Å². The lowest BCUT2D eigenvalue weighted by atomic mass is 10.4. The van der Waals surface area contributed by atoms with E-state index in [1.54, 1.807) is 0 Å². The fraction of sp³-hybridized carbons (Fsp3) is 0.444. The molecule has 0 amide bonds. The van der Waals surface area contributed by atoms with Gasteiger partial charge in [-0.25, -0.2) is 0 Å². The highest BCUT2D eigenvalue weighted by molar-refractivity contribution is 14.2. The average Bonchev–Trinajstić information content (AvgIpc) is 2.07. The minimum absolute atomic E-state index is 0.237. The molecule has 0 aliphatic heterocycles. The molecule has 1 aromatic rings. The number of unbranched alkanes of at least 4 members (excludes halogenated alkanes) is 1. The molecule has 0 N–H and O–H groups in total. The monoisotopic (exact) mass is 263 g/mol. The van der Waals surface area contributed by atoms with Crippen molar-refractivity contribution in [3.8, 4) is 0 Å². The summed E-state index contributed by atoms with van der Waals surface area (Å²) in [7, 11) is 0. The Morgan fingerprint density at radius 2 is 1.91 bits per heavy atom. The molecule has 11 heavy (non-hydrogen) atoms. The van der Waals surface area contributed by atoms with Gasteiger partial charge in [-0.05, 0) is 6.42 Å². The third kappa shape index (κ3) is 3.70. The Kier molecular flexibility index (Phi) is 4.50. The zero-order chi connectivity index (χ0) is 7.94. The van der Waals surface area contributed by atoms with Gasteiger partial charge in [-0.3, -0.25) is 0 Å². The van der Waals surface area contributed by atoms with Crippen molar-refractivity contribution >= 4 is 21.5 Å². The molecule has 0 aliphatic rings. The van der Waals surface area contributed by atoms with Gasteiger partial charge in [-0.1, -0.05) is 19.4 Å². The fourth-order valence-electron chi connectivity index (χ4n) is 0.748. The van der Waals surface area contributed by atoms with Crippen LogP contribution in [0, 0.1) is 0 Å². The largest absolute Gasteiger partial charge is 0.210 e. The van der Waals surface area contributed by atoms with Gasteiger partial charge in [0.05, 0.1) is 4.43 Å². The third-order valence-electron chi connectivity index (χ3n) is 1.39. The first kappa shape index (κ1) is 8.97. The lowest BCUT2D eigenvalue weighted by molar-refractivity contribution is -0.441. The molecule has 0 saturated heterocycles. The van der Waals surface area contributed by atoms with Crippen molar-refractivity contribution < 1.29 is 2.78 Å². The van der Waals surface area contributed by atoms with E-state index >= 15 is 0 Å². The summed E-state index contributed by atoms with van der Waals surface area (Å²) >= 11 is 0.237. The van der Waals surface area contributed by atoms with Crippen LogP contribution in [0.4, 0.5) is 0 Å². The van der Waals surface area contributed by atoms with Crippen molar-refractivity contribution in [3.63, 3.8) is 0 Å². The van der Waals surface area contributed by atoms with E-state index in [0.29, 0.717) is 0 Å². The van der Waals surface area contributed by atoms with Gasteiger partial charge >= 0.3 is 0 Å². The van der Waals surface area contributed by atoms with E-state index in [2.05, 4.69) is 40.3 Å². The number of alkyl halides is 1. The van der Waals surface area contributed by atoms with Crippen LogP contribution in [-0.2, 0) is 0 Å². The first-order chi connectivity index (χ1) is 5.43. The molecule has 1 aromatic heterocycles. The van der Waals surface area contributed by atoms with Gasteiger partial charge in [0.15, 0.2) is 12.4 Å². The maximum atomic E-state index is 2.34. The van der Waals surface area contributed by atoms with Gasteiger partial charge in [-0.15, -0.1) is 0 Å². The van der Waals surface area contributed by atoms with E-state index in [-0.39, 0.29) is 21.5 Å². The minimum atomic E-state index is 0.237. The number of hydrogen-bond acceptors (Lipinski definition) is 0. The molecule has 0 atom stereocenters. The van der Waals surface area contributed by atoms with Crippen molar-refractivity contribution in [2.45, 2.75) is 19.8 Å². The van der Waals surface area contributed by atoms with Crippen molar-refractivity contribution in [1.29, 1.82) is 0 Å². The van der Waals surface area contributed by atoms with Crippen molar-refractivity contribution in [1.82, 2.24) is 0 Å². The third-order valence-corrected chi connectivity index (χ3v) is 4.07. The molecule has 0 unspecified atom stereocenters. The second-order valence-electron chi connectivity index (χ2n) is 2.38. The molecule has 1 radical (unpaired) electrons. The van der Waals surface area contributed by atoms with Gasteiger partial charge < -0.3 is 0 Å². The van der Waals surface area contributed by atoms with Crippen LogP contribution in [-0.4, -0.2) is 4.43 Å².